The Labute approximate surface area is 122 Å². The standard InChI is InChI=1S/C18H27NO/c20-16-12-11-14-7-6-10-18(17(14)13-16)19-15-8-4-2-1-3-5-9-15/h11-13,15,18-20H,1-10H2. The Balaban J connectivity index is 1.70. The van der Waals surface area contributed by atoms with Gasteiger partial charge in [-0.15, -0.1) is 0 Å². The van der Waals surface area contributed by atoms with Crippen molar-refractivity contribution in [3.8, 4) is 5.75 Å². The number of phenols is 1. The normalized spacial score (nSPS) is 24.7. The average Bonchev–Trinajstić information content (AvgIpc) is 2.42. The van der Waals surface area contributed by atoms with Gasteiger partial charge in [-0.05, 0) is 55.4 Å². The van der Waals surface area contributed by atoms with Crippen molar-refractivity contribution in [2.45, 2.75) is 76.3 Å². The highest BCUT2D eigenvalue weighted by Gasteiger charge is 2.23. The van der Waals surface area contributed by atoms with Crippen molar-refractivity contribution >= 4 is 0 Å². The van der Waals surface area contributed by atoms with E-state index < -0.39 is 0 Å². The van der Waals surface area contributed by atoms with Gasteiger partial charge in [0.15, 0.2) is 0 Å². The van der Waals surface area contributed by atoms with Crippen molar-refractivity contribution in [1.29, 1.82) is 0 Å². The molecule has 20 heavy (non-hydrogen) atoms. The number of aromatic hydroxyl groups is 1. The maximum absolute atomic E-state index is 9.77. The van der Waals surface area contributed by atoms with Crippen LogP contribution in [0.2, 0.25) is 0 Å². The third-order valence-electron chi connectivity index (χ3n) is 4.99. The largest absolute Gasteiger partial charge is 0.508 e. The molecule has 1 aromatic rings. The number of aryl methyl sites for hydroxylation is 1. The Morgan fingerprint density at radius 1 is 0.900 bits per heavy atom. The van der Waals surface area contributed by atoms with Crippen LogP contribution in [0.4, 0.5) is 0 Å². The maximum Gasteiger partial charge on any atom is 0.115 e. The van der Waals surface area contributed by atoms with Gasteiger partial charge in [-0.3, -0.25) is 0 Å². The molecule has 1 atom stereocenters. The Morgan fingerprint density at radius 3 is 2.45 bits per heavy atom. The first kappa shape index (κ1) is 13.9. The molecular weight excluding hydrogens is 246 g/mol. The lowest BCUT2D eigenvalue weighted by Gasteiger charge is -2.31. The highest BCUT2D eigenvalue weighted by molar-refractivity contribution is 5.38. The number of fused-ring (bicyclic) bond motifs is 1. The van der Waals surface area contributed by atoms with Crippen molar-refractivity contribution in [2.75, 3.05) is 0 Å². The smallest absolute Gasteiger partial charge is 0.115 e. The van der Waals surface area contributed by atoms with Crippen LogP contribution >= 0.6 is 0 Å². The van der Waals surface area contributed by atoms with Crippen molar-refractivity contribution < 1.29 is 5.11 Å². The molecule has 2 aliphatic rings. The van der Waals surface area contributed by atoms with Gasteiger partial charge in [0.2, 0.25) is 0 Å². The summed E-state index contributed by atoms with van der Waals surface area (Å²) in [5.41, 5.74) is 2.77. The molecule has 0 spiro atoms. The second kappa shape index (κ2) is 6.62. The molecule has 2 nitrogen and oxygen atoms in total. The van der Waals surface area contributed by atoms with Crippen LogP contribution in [-0.2, 0) is 6.42 Å². The van der Waals surface area contributed by atoms with Gasteiger partial charge < -0.3 is 10.4 Å². The average molecular weight is 273 g/mol. The Bertz CT molecular complexity index is 435. The summed E-state index contributed by atoms with van der Waals surface area (Å²) < 4.78 is 0. The Hall–Kier alpha value is -1.02. The molecule has 1 fully saturated rings. The van der Waals surface area contributed by atoms with E-state index in [-0.39, 0.29) is 0 Å². The highest BCUT2D eigenvalue weighted by atomic mass is 16.3. The van der Waals surface area contributed by atoms with Gasteiger partial charge in [-0.2, -0.15) is 0 Å². The molecule has 1 unspecified atom stereocenters. The van der Waals surface area contributed by atoms with Crippen LogP contribution in [0.1, 0.15) is 75.0 Å². The first-order chi connectivity index (χ1) is 9.83. The molecular formula is C18H27NO. The number of benzene rings is 1. The van der Waals surface area contributed by atoms with Gasteiger partial charge >= 0.3 is 0 Å². The molecule has 0 bridgehead atoms. The second-order valence-corrected chi connectivity index (χ2v) is 6.54. The molecule has 1 aromatic carbocycles. The van der Waals surface area contributed by atoms with Crippen LogP contribution in [0.5, 0.6) is 5.75 Å². The Kier molecular flexibility index (Phi) is 4.62. The molecule has 1 saturated carbocycles. The summed E-state index contributed by atoms with van der Waals surface area (Å²) in [5, 5.41) is 13.7. The van der Waals surface area contributed by atoms with Crippen molar-refractivity contribution in [3.63, 3.8) is 0 Å². The predicted octanol–water partition coefficient (Wildman–Crippen LogP) is 4.47. The van der Waals surface area contributed by atoms with Gasteiger partial charge in [0.1, 0.15) is 5.75 Å². The molecule has 3 rings (SSSR count). The number of hydrogen-bond acceptors (Lipinski definition) is 2. The molecule has 2 heteroatoms. The SMILES string of the molecule is Oc1ccc2c(c1)C(NC1CCCCCCC1)CCC2. The van der Waals surface area contributed by atoms with E-state index in [9.17, 15) is 5.11 Å². The van der Waals surface area contributed by atoms with Crippen LogP contribution in [0.15, 0.2) is 18.2 Å². The number of nitrogens with one attached hydrogen (secondary N) is 1. The fourth-order valence-electron chi connectivity index (χ4n) is 3.87. The van der Waals surface area contributed by atoms with Crippen molar-refractivity contribution in [1.82, 2.24) is 5.32 Å². The number of phenolic OH excluding ortho intramolecular Hbond substituents is 1. The summed E-state index contributed by atoms with van der Waals surface area (Å²) in [5.74, 6) is 0.412. The summed E-state index contributed by atoms with van der Waals surface area (Å²) in [6.45, 7) is 0. The lowest BCUT2D eigenvalue weighted by molar-refractivity contribution is 0.333. The fourth-order valence-corrected chi connectivity index (χ4v) is 3.87. The Morgan fingerprint density at radius 2 is 1.65 bits per heavy atom. The van der Waals surface area contributed by atoms with Gasteiger partial charge in [0.25, 0.3) is 0 Å². The zero-order chi connectivity index (χ0) is 13.8. The van der Waals surface area contributed by atoms with Gasteiger partial charge in [0, 0.05) is 12.1 Å². The zero-order valence-corrected chi connectivity index (χ0v) is 12.4. The van der Waals surface area contributed by atoms with Crippen LogP contribution in [-0.4, -0.2) is 11.1 Å². The molecule has 0 radical (unpaired) electrons. The van der Waals surface area contributed by atoms with E-state index >= 15 is 0 Å². The van der Waals surface area contributed by atoms with Crippen molar-refractivity contribution in [2.24, 2.45) is 0 Å². The summed E-state index contributed by atoms with van der Waals surface area (Å²) in [4.78, 5) is 0. The van der Waals surface area contributed by atoms with E-state index in [2.05, 4.69) is 11.4 Å². The highest BCUT2D eigenvalue weighted by Crippen LogP contribution is 2.33. The molecule has 0 aromatic heterocycles. The number of rotatable bonds is 2. The predicted molar refractivity (Wildman–Crippen MR) is 83.0 cm³/mol. The molecule has 0 saturated heterocycles. The monoisotopic (exact) mass is 273 g/mol. The lowest BCUT2D eigenvalue weighted by Crippen LogP contribution is -2.35. The van der Waals surface area contributed by atoms with Crippen LogP contribution in [0, 0.1) is 0 Å². The summed E-state index contributed by atoms with van der Waals surface area (Å²) in [7, 11) is 0. The van der Waals surface area contributed by atoms with Crippen LogP contribution in [0.25, 0.3) is 0 Å². The van der Waals surface area contributed by atoms with E-state index in [1.807, 2.05) is 12.1 Å². The topological polar surface area (TPSA) is 32.3 Å². The number of hydrogen-bond donors (Lipinski definition) is 2. The van der Waals surface area contributed by atoms with Crippen molar-refractivity contribution in [3.05, 3.63) is 29.3 Å². The minimum atomic E-state index is 0.412. The molecule has 2 aliphatic carbocycles. The summed E-state index contributed by atoms with van der Waals surface area (Å²) in [6.07, 6.45) is 13.3. The third-order valence-corrected chi connectivity index (χ3v) is 4.99. The van der Waals surface area contributed by atoms with Crippen LogP contribution in [0.3, 0.4) is 0 Å². The van der Waals surface area contributed by atoms with E-state index in [0.717, 1.165) is 0 Å². The van der Waals surface area contributed by atoms with E-state index in [0.29, 0.717) is 17.8 Å². The quantitative estimate of drug-likeness (QED) is 0.833. The second-order valence-electron chi connectivity index (χ2n) is 6.54. The molecule has 110 valence electrons. The van der Waals surface area contributed by atoms with E-state index in [1.165, 1.54) is 75.3 Å². The maximum atomic E-state index is 9.77. The van der Waals surface area contributed by atoms with Crippen LogP contribution < -0.4 is 5.32 Å². The first-order valence-electron chi connectivity index (χ1n) is 8.41. The van der Waals surface area contributed by atoms with Gasteiger partial charge in [-0.1, -0.05) is 38.2 Å². The summed E-state index contributed by atoms with van der Waals surface area (Å²) >= 11 is 0. The van der Waals surface area contributed by atoms with E-state index in [4.69, 9.17) is 0 Å². The molecule has 2 N–H and O–H groups in total. The zero-order valence-electron chi connectivity index (χ0n) is 12.4. The van der Waals surface area contributed by atoms with E-state index in [1.54, 1.807) is 0 Å². The molecule has 0 heterocycles. The lowest BCUT2D eigenvalue weighted by atomic mass is 9.86. The molecule has 0 amide bonds. The van der Waals surface area contributed by atoms with Gasteiger partial charge in [0.05, 0.1) is 0 Å². The fraction of sp³-hybridized carbons (Fsp3) is 0.667. The summed E-state index contributed by atoms with van der Waals surface area (Å²) in [6, 6.07) is 7.05. The molecule has 0 aliphatic heterocycles. The third kappa shape index (κ3) is 3.35. The first-order valence-corrected chi connectivity index (χ1v) is 8.41. The minimum absolute atomic E-state index is 0.412. The minimum Gasteiger partial charge on any atom is -0.508 e. The van der Waals surface area contributed by atoms with Gasteiger partial charge in [-0.25, -0.2) is 0 Å².